The molecule has 1 unspecified atom stereocenters. The second-order valence-corrected chi connectivity index (χ2v) is 7.05. The van der Waals surface area contributed by atoms with Gasteiger partial charge in [0, 0.05) is 5.56 Å². The van der Waals surface area contributed by atoms with Gasteiger partial charge in [-0.05, 0) is 31.4 Å². The highest BCUT2D eigenvalue weighted by Gasteiger charge is 2.18. The van der Waals surface area contributed by atoms with Crippen molar-refractivity contribution < 1.29 is 14.1 Å². The van der Waals surface area contributed by atoms with Gasteiger partial charge in [0.2, 0.25) is 11.7 Å². The third-order valence-electron chi connectivity index (χ3n) is 4.41. The lowest BCUT2D eigenvalue weighted by Gasteiger charge is -2.18. The standard InChI is InChI=1S/C22H25N3O3/c1-14(2)18-7-5-6-8-19(18)27-16(4)22(26)23-13-20-24-21(25-28-20)17-11-9-15(3)10-12-17/h5-12,14,16H,13H2,1-4H3,(H,23,26). The number of nitrogens with zero attached hydrogens (tertiary/aromatic N) is 2. The van der Waals surface area contributed by atoms with Crippen LogP contribution in [0.2, 0.25) is 0 Å². The van der Waals surface area contributed by atoms with Gasteiger partial charge in [0.1, 0.15) is 5.75 Å². The number of benzene rings is 2. The number of amides is 1. The highest BCUT2D eigenvalue weighted by molar-refractivity contribution is 5.80. The first-order chi connectivity index (χ1) is 13.4. The number of ether oxygens (including phenoxy) is 1. The van der Waals surface area contributed by atoms with Crippen LogP contribution >= 0.6 is 0 Å². The van der Waals surface area contributed by atoms with E-state index in [0.29, 0.717) is 17.6 Å². The van der Waals surface area contributed by atoms with Crippen LogP contribution in [0.15, 0.2) is 53.1 Å². The molecule has 0 spiro atoms. The number of nitrogens with one attached hydrogen (secondary N) is 1. The lowest BCUT2D eigenvalue weighted by Crippen LogP contribution is -2.36. The molecule has 3 rings (SSSR count). The Morgan fingerprint density at radius 2 is 1.82 bits per heavy atom. The molecule has 0 radical (unpaired) electrons. The minimum absolute atomic E-state index is 0.150. The van der Waals surface area contributed by atoms with Gasteiger partial charge in [0.25, 0.3) is 5.91 Å². The third-order valence-corrected chi connectivity index (χ3v) is 4.41. The quantitative estimate of drug-likeness (QED) is 0.664. The van der Waals surface area contributed by atoms with Gasteiger partial charge in [-0.15, -0.1) is 0 Å². The van der Waals surface area contributed by atoms with Gasteiger partial charge < -0.3 is 14.6 Å². The molecule has 146 valence electrons. The number of rotatable bonds is 7. The molecule has 0 aliphatic heterocycles. The number of carbonyl (C=O) groups excluding carboxylic acids is 1. The molecule has 0 saturated carbocycles. The normalized spacial score (nSPS) is 12.0. The Morgan fingerprint density at radius 1 is 1.11 bits per heavy atom. The maximum Gasteiger partial charge on any atom is 0.261 e. The van der Waals surface area contributed by atoms with E-state index in [9.17, 15) is 4.79 Å². The average Bonchev–Trinajstić information content (AvgIpc) is 3.16. The van der Waals surface area contributed by atoms with E-state index >= 15 is 0 Å². The molecular formula is C22H25N3O3. The minimum Gasteiger partial charge on any atom is -0.481 e. The number of carbonyl (C=O) groups is 1. The van der Waals surface area contributed by atoms with Crippen molar-refractivity contribution >= 4 is 5.91 Å². The second kappa shape index (κ2) is 8.69. The van der Waals surface area contributed by atoms with Crippen LogP contribution in [0.4, 0.5) is 0 Å². The Morgan fingerprint density at radius 3 is 2.54 bits per heavy atom. The Kier molecular flexibility index (Phi) is 6.09. The molecule has 0 fully saturated rings. The van der Waals surface area contributed by atoms with Crippen LogP contribution in [0.1, 0.15) is 43.7 Å². The molecule has 2 aromatic carbocycles. The van der Waals surface area contributed by atoms with E-state index in [0.717, 1.165) is 22.4 Å². The predicted octanol–water partition coefficient (Wildman–Crippen LogP) is 4.25. The fourth-order valence-corrected chi connectivity index (χ4v) is 2.76. The van der Waals surface area contributed by atoms with E-state index in [1.54, 1.807) is 6.92 Å². The molecule has 6 heteroatoms. The highest BCUT2D eigenvalue weighted by atomic mass is 16.5. The van der Waals surface area contributed by atoms with Crippen molar-refractivity contribution in [3.63, 3.8) is 0 Å². The summed E-state index contributed by atoms with van der Waals surface area (Å²) >= 11 is 0. The molecule has 0 aliphatic rings. The fraction of sp³-hybridized carbons (Fsp3) is 0.318. The van der Waals surface area contributed by atoms with Gasteiger partial charge >= 0.3 is 0 Å². The molecule has 28 heavy (non-hydrogen) atoms. The van der Waals surface area contributed by atoms with E-state index in [2.05, 4.69) is 29.3 Å². The summed E-state index contributed by atoms with van der Waals surface area (Å²) in [5.74, 6) is 1.64. The molecule has 1 aromatic heterocycles. The summed E-state index contributed by atoms with van der Waals surface area (Å²) in [5, 5.41) is 6.75. The summed E-state index contributed by atoms with van der Waals surface area (Å²) in [6.45, 7) is 8.07. The van der Waals surface area contributed by atoms with E-state index in [-0.39, 0.29) is 12.5 Å². The Hall–Kier alpha value is -3.15. The summed E-state index contributed by atoms with van der Waals surface area (Å²) in [7, 11) is 0. The summed E-state index contributed by atoms with van der Waals surface area (Å²) in [6, 6.07) is 15.6. The van der Waals surface area contributed by atoms with E-state index < -0.39 is 6.10 Å². The molecule has 3 aromatic rings. The molecule has 0 aliphatic carbocycles. The van der Waals surface area contributed by atoms with Crippen molar-refractivity contribution in [2.75, 3.05) is 0 Å². The zero-order chi connectivity index (χ0) is 20.1. The highest BCUT2D eigenvalue weighted by Crippen LogP contribution is 2.26. The van der Waals surface area contributed by atoms with E-state index in [1.165, 1.54) is 0 Å². The number of para-hydroxylation sites is 1. The first kappa shape index (κ1) is 19.6. The van der Waals surface area contributed by atoms with Gasteiger partial charge in [-0.25, -0.2) is 0 Å². The van der Waals surface area contributed by atoms with Gasteiger partial charge in [-0.1, -0.05) is 67.0 Å². The van der Waals surface area contributed by atoms with Crippen molar-refractivity contribution in [3.05, 3.63) is 65.5 Å². The smallest absolute Gasteiger partial charge is 0.261 e. The Balaban J connectivity index is 1.58. The molecule has 1 N–H and O–H groups in total. The lowest BCUT2D eigenvalue weighted by atomic mass is 10.0. The average molecular weight is 379 g/mol. The monoisotopic (exact) mass is 379 g/mol. The third kappa shape index (κ3) is 4.76. The van der Waals surface area contributed by atoms with Crippen LogP contribution in [-0.2, 0) is 11.3 Å². The summed E-state index contributed by atoms with van der Waals surface area (Å²) < 4.78 is 11.1. The van der Waals surface area contributed by atoms with Crippen LogP contribution in [0.25, 0.3) is 11.4 Å². The molecule has 1 atom stereocenters. The second-order valence-electron chi connectivity index (χ2n) is 7.05. The van der Waals surface area contributed by atoms with Crippen molar-refractivity contribution in [3.8, 4) is 17.1 Å². The fourth-order valence-electron chi connectivity index (χ4n) is 2.76. The lowest BCUT2D eigenvalue weighted by molar-refractivity contribution is -0.127. The maximum absolute atomic E-state index is 12.4. The van der Waals surface area contributed by atoms with Crippen LogP contribution < -0.4 is 10.1 Å². The van der Waals surface area contributed by atoms with Gasteiger partial charge in [-0.3, -0.25) is 4.79 Å². The Bertz CT molecular complexity index is 932. The van der Waals surface area contributed by atoms with Crippen LogP contribution in [0.5, 0.6) is 5.75 Å². The maximum atomic E-state index is 12.4. The van der Waals surface area contributed by atoms with E-state index in [4.69, 9.17) is 9.26 Å². The SMILES string of the molecule is Cc1ccc(-c2noc(CNC(=O)C(C)Oc3ccccc3C(C)C)n2)cc1. The van der Waals surface area contributed by atoms with Crippen molar-refractivity contribution in [2.45, 2.75) is 46.3 Å². The first-order valence-corrected chi connectivity index (χ1v) is 9.37. The van der Waals surface area contributed by atoms with Gasteiger partial charge in [0.15, 0.2) is 6.10 Å². The molecular weight excluding hydrogens is 354 g/mol. The molecule has 6 nitrogen and oxygen atoms in total. The molecule has 0 saturated heterocycles. The summed E-state index contributed by atoms with van der Waals surface area (Å²) in [5.41, 5.74) is 3.10. The van der Waals surface area contributed by atoms with Gasteiger partial charge in [-0.2, -0.15) is 4.98 Å². The van der Waals surface area contributed by atoms with Crippen LogP contribution in [-0.4, -0.2) is 22.2 Å². The number of aromatic nitrogens is 2. The van der Waals surface area contributed by atoms with Crippen molar-refractivity contribution in [1.29, 1.82) is 0 Å². The number of hydrogen-bond donors (Lipinski definition) is 1. The van der Waals surface area contributed by atoms with Crippen LogP contribution in [0, 0.1) is 6.92 Å². The van der Waals surface area contributed by atoms with Gasteiger partial charge in [0.05, 0.1) is 6.54 Å². The molecule has 0 bridgehead atoms. The zero-order valence-corrected chi connectivity index (χ0v) is 16.6. The molecule has 1 heterocycles. The number of aryl methyl sites for hydroxylation is 1. The summed E-state index contributed by atoms with van der Waals surface area (Å²) in [6.07, 6.45) is -0.639. The predicted molar refractivity (Wildman–Crippen MR) is 107 cm³/mol. The van der Waals surface area contributed by atoms with Crippen molar-refractivity contribution in [1.82, 2.24) is 15.5 Å². The van der Waals surface area contributed by atoms with Crippen LogP contribution in [0.3, 0.4) is 0 Å². The summed E-state index contributed by atoms with van der Waals surface area (Å²) in [4.78, 5) is 16.7. The Labute approximate surface area is 164 Å². The molecule has 1 amide bonds. The topological polar surface area (TPSA) is 77.2 Å². The largest absolute Gasteiger partial charge is 0.481 e. The van der Waals surface area contributed by atoms with Crippen molar-refractivity contribution in [2.24, 2.45) is 0 Å². The van der Waals surface area contributed by atoms with E-state index in [1.807, 2.05) is 55.5 Å². The number of hydrogen-bond acceptors (Lipinski definition) is 5. The first-order valence-electron chi connectivity index (χ1n) is 9.37. The zero-order valence-electron chi connectivity index (χ0n) is 16.6. The minimum atomic E-state index is -0.639.